The highest BCUT2D eigenvalue weighted by atomic mass is 35.5. The van der Waals surface area contributed by atoms with Gasteiger partial charge in [0.2, 0.25) is 0 Å². The number of alkyl halides is 2. The summed E-state index contributed by atoms with van der Waals surface area (Å²) in [6.07, 6.45) is 0. The molecule has 6 heteroatoms. The molecule has 1 aromatic carbocycles. The zero-order chi connectivity index (χ0) is 10.7. The van der Waals surface area contributed by atoms with Crippen LogP contribution in [0.4, 0.5) is 8.78 Å². The van der Waals surface area contributed by atoms with Crippen LogP contribution in [0.15, 0.2) is 12.1 Å². The lowest BCUT2D eigenvalue weighted by atomic mass is 10.2. The maximum absolute atomic E-state index is 11.9. The minimum atomic E-state index is -2.92. The SMILES string of the molecule is NCc1cc(Cl)c(OC(F)F)cc1Cl. The van der Waals surface area contributed by atoms with Crippen LogP contribution in [0.5, 0.6) is 5.75 Å². The first-order valence-corrected chi connectivity index (χ1v) is 4.43. The van der Waals surface area contributed by atoms with Crippen molar-refractivity contribution in [3.63, 3.8) is 0 Å². The summed E-state index contributed by atoms with van der Waals surface area (Å²) in [5, 5.41) is 0.322. The summed E-state index contributed by atoms with van der Waals surface area (Å²) in [5.74, 6) is -0.149. The lowest BCUT2D eigenvalue weighted by Crippen LogP contribution is -2.04. The molecule has 0 fully saturated rings. The molecule has 0 amide bonds. The maximum Gasteiger partial charge on any atom is 0.387 e. The van der Waals surface area contributed by atoms with E-state index >= 15 is 0 Å². The van der Waals surface area contributed by atoms with Crippen LogP contribution in [-0.2, 0) is 6.54 Å². The van der Waals surface area contributed by atoms with Crippen molar-refractivity contribution < 1.29 is 13.5 Å². The molecule has 0 saturated heterocycles. The van der Waals surface area contributed by atoms with Gasteiger partial charge in [0.1, 0.15) is 5.75 Å². The van der Waals surface area contributed by atoms with Crippen molar-refractivity contribution in [1.82, 2.24) is 0 Å². The molecule has 0 aliphatic rings. The normalized spacial score (nSPS) is 10.7. The van der Waals surface area contributed by atoms with E-state index in [0.29, 0.717) is 5.56 Å². The second kappa shape index (κ2) is 4.77. The minimum absolute atomic E-state index is 0.0650. The van der Waals surface area contributed by atoms with Crippen molar-refractivity contribution in [2.24, 2.45) is 5.73 Å². The van der Waals surface area contributed by atoms with E-state index in [1.54, 1.807) is 0 Å². The second-order valence-electron chi connectivity index (χ2n) is 2.46. The molecule has 78 valence electrons. The van der Waals surface area contributed by atoms with E-state index < -0.39 is 6.61 Å². The number of ether oxygens (including phenoxy) is 1. The summed E-state index contributed by atoms with van der Waals surface area (Å²) >= 11 is 11.4. The predicted octanol–water partition coefficient (Wildman–Crippen LogP) is 3.05. The van der Waals surface area contributed by atoms with Gasteiger partial charge in [-0.1, -0.05) is 23.2 Å². The van der Waals surface area contributed by atoms with Crippen molar-refractivity contribution in [2.75, 3.05) is 0 Å². The van der Waals surface area contributed by atoms with Gasteiger partial charge in [0, 0.05) is 17.6 Å². The first-order valence-electron chi connectivity index (χ1n) is 3.67. The molecule has 0 unspecified atom stereocenters. The Hall–Kier alpha value is -0.580. The van der Waals surface area contributed by atoms with Gasteiger partial charge in [0.05, 0.1) is 5.02 Å². The summed E-state index contributed by atoms with van der Waals surface area (Å²) in [4.78, 5) is 0. The third-order valence-corrected chi connectivity index (χ3v) is 2.18. The van der Waals surface area contributed by atoms with Crippen molar-refractivity contribution in [3.05, 3.63) is 27.7 Å². The van der Waals surface area contributed by atoms with E-state index in [-0.39, 0.29) is 22.3 Å². The van der Waals surface area contributed by atoms with Crippen LogP contribution < -0.4 is 10.5 Å². The summed E-state index contributed by atoms with van der Waals surface area (Å²) in [5.41, 5.74) is 5.92. The minimum Gasteiger partial charge on any atom is -0.433 e. The third kappa shape index (κ3) is 2.70. The Morgan fingerprint density at radius 1 is 1.29 bits per heavy atom. The maximum atomic E-state index is 11.9. The topological polar surface area (TPSA) is 35.2 Å². The average Bonchev–Trinajstić information content (AvgIpc) is 2.10. The molecule has 0 atom stereocenters. The van der Waals surface area contributed by atoms with Crippen LogP contribution in [0.25, 0.3) is 0 Å². The fourth-order valence-electron chi connectivity index (χ4n) is 0.912. The summed E-state index contributed by atoms with van der Waals surface area (Å²) in [6, 6.07) is 2.62. The van der Waals surface area contributed by atoms with E-state index in [0.717, 1.165) is 0 Å². The zero-order valence-electron chi connectivity index (χ0n) is 6.94. The zero-order valence-corrected chi connectivity index (χ0v) is 8.45. The molecule has 2 nitrogen and oxygen atoms in total. The molecule has 0 spiro atoms. The lowest BCUT2D eigenvalue weighted by Gasteiger charge is -2.09. The lowest BCUT2D eigenvalue weighted by molar-refractivity contribution is -0.0497. The van der Waals surface area contributed by atoms with Crippen LogP contribution in [0.3, 0.4) is 0 Å². The molecule has 0 aliphatic carbocycles. The summed E-state index contributed by atoms with van der Waals surface area (Å²) < 4.78 is 27.9. The Morgan fingerprint density at radius 2 is 1.93 bits per heavy atom. The molecule has 14 heavy (non-hydrogen) atoms. The van der Waals surface area contributed by atoms with Crippen LogP contribution >= 0.6 is 23.2 Å². The predicted molar refractivity (Wildman–Crippen MR) is 51.0 cm³/mol. The Bertz CT molecular complexity index is 333. The van der Waals surface area contributed by atoms with Crippen molar-refractivity contribution in [2.45, 2.75) is 13.2 Å². The first-order chi connectivity index (χ1) is 6.54. The van der Waals surface area contributed by atoms with Crippen molar-refractivity contribution in [1.29, 1.82) is 0 Å². The highest BCUT2D eigenvalue weighted by Gasteiger charge is 2.11. The molecular formula is C8H7Cl2F2NO. The third-order valence-electron chi connectivity index (χ3n) is 1.54. The van der Waals surface area contributed by atoms with Gasteiger partial charge in [-0.25, -0.2) is 0 Å². The molecule has 1 aromatic rings. The van der Waals surface area contributed by atoms with Gasteiger partial charge < -0.3 is 10.5 Å². The molecule has 0 saturated carbocycles. The van der Waals surface area contributed by atoms with E-state index in [1.165, 1.54) is 12.1 Å². The molecule has 0 aliphatic heterocycles. The number of benzene rings is 1. The van der Waals surface area contributed by atoms with E-state index in [9.17, 15) is 8.78 Å². The molecule has 0 aromatic heterocycles. The van der Waals surface area contributed by atoms with Crippen molar-refractivity contribution >= 4 is 23.2 Å². The monoisotopic (exact) mass is 241 g/mol. The van der Waals surface area contributed by atoms with Gasteiger partial charge in [0.15, 0.2) is 0 Å². The van der Waals surface area contributed by atoms with Crippen molar-refractivity contribution in [3.8, 4) is 5.75 Å². The molecule has 0 bridgehead atoms. The summed E-state index contributed by atoms with van der Waals surface area (Å²) in [7, 11) is 0. The number of halogens is 4. The molecular weight excluding hydrogens is 235 g/mol. The number of nitrogens with two attached hydrogens (primary N) is 1. The molecule has 0 heterocycles. The standard InChI is InChI=1S/C8H7Cl2F2NO/c9-5-2-7(14-8(11)12)6(10)1-4(5)3-13/h1-2,8H,3,13H2. The average molecular weight is 242 g/mol. The fourth-order valence-corrected chi connectivity index (χ4v) is 1.37. The van der Waals surface area contributed by atoms with E-state index in [2.05, 4.69) is 4.74 Å². The largest absolute Gasteiger partial charge is 0.433 e. The van der Waals surface area contributed by atoms with Gasteiger partial charge in [-0.15, -0.1) is 0 Å². The fraction of sp³-hybridized carbons (Fsp3) is 0.250. The molecule has 2 N–H and O–H groups in total. The van der Waals surface area contributed by atoms with Gasteiger partial charge in [-0.05, 0) is 11.6 Å². The summed E-state index contributed by atoms with van der Waals surface area (Å²) in [6.45, 7) is -2.74. The quantitative estimate of drug-likeness (QED) is 0.883. The highest BCUT2D eigenvalue weighted by molar-refractivity contribution is 6.34. The Balaban J connectivity index is 3.02. The molecule has 1 rings (SSSR count). The highest BCUT2D eigenvalue weighted by Crippen LogP contribution is 2.31. The van der Waals surface area contributed by atoms with Crippen LogP contribution in [0.1, 0.15) is 5.56 Å². The number of hydrogen-bond acceptors (Lipinski definition) is 2. The van der Waals surface area contributed by atoms with Crippen LogP contribution in [-0.4, -0.2) is 6.61 Å². The van der Waals surface area contributed by atoms with Gasteiger partial charge in [-0.3, -0.25) is 0 Å². The number of hydrogen-bond donors (Lipinski definition) is 1. The van der Waals surface area contributed by atoms with E-state index in [1.807, 2.05) is 0 Å². The second-order valence-corrected chi connectivity index (χ2v) is 3.27. The molecule has 0 radical (unpaired) electrons. The Kier molecular flexibility index (Phi) is 3.92. The number of rotatable bonds is 3. The van der Waals surface area contributed by atoms with Gasteiger partial charge in [0.25, 0.3) is 0 Å². The van der Waals surface area contributed by atoms with E-state index in [4.69, 9.17) is 28.9 Å². The van der Waals surface area contributed by atoms with Crippen LogP contribution in [0, 0.1) is 0 Å². The first kappa shape index (κ1) is 11.5. The van der Waals surface area contributed by atoms with Crippen LogP contribution in [0.2, 0.25) is 10.0 Å². The van der Waals surface area contributed by atoms with Gasteiger partial charge >= 0.3 is 6.61 Å². The smallest absolute Gasteiger partial charge is 0.387 e. The van der Waals surface area contributed by atoms with Gasteiger partial charge in [-0.2, -0.15) is 8.78 Å². The Morgan fingerprint density at radius 3 is 2.43 bits per heavy atom. The Labute approximate surface area is 89.6 Å².